The lowest BCUT2D eigenvalue weighted by Gasteiger charge is -2.39. The molecule has 0 aromatic carbocycles. The van der Waals surface area contributed by atoms with Gasteiger partial charge in [0.05, 0.1) is 5.75 Å². The summed E-state index contributed by atoms with van der Waals surface area (Å²) in [5, 5.41) is 3.40. The van der Waals surface area contributed by atoms with Crippen molar-refractivity contribution < 1.29 is 8.42 Å². The number of hydrogen-bond donors (Lipinski definition) is 2. The molecular formula is C11H24N2O2S. The first-order chi connectivity index (χ1) is 7.37. The second-order valence-electron chi connectivity index (χ2n) is 5.27. The molecule has 0 bridgehead atoms. The van der Waals surface area contributed by atoms with E-state index >= 15 is 0 Å². The van der Waals surface area contributed by atoms with E-state index in [1.807, 2.05) is 6.92 Å². The second kappa shape index (κ2) is 5.47. The largest absolute Gasteiger partial charge is 0.312 e. The summed E-state index contributed by atoms with van der Waals surface area (Å²) in [5.74, 6) is 0.222. The molecule has 1 rings (SSSR count). The van der Waals surface area contributed by atoms with Gasteiger partial charge in [0.2, 0.25) is 10.0 Å². The van der Waals surface area contributed by atoms with Crippen molar-refractivity contribution >= 4 is 10.0 Å². The van der Waals surface area contributed by atoms with Gasteiger partial charge >= 0.3 is 0 Å². The minimum absolute atomic E-state index is 0.174. The predicted octanol–water partition coefficient (Wildman–Crippen LogP) is 1.09. The molecule has 1 atom stereocenters. The highest BCUT2D eigenvalue weighted by atomic mass is 32.2. The van der Waals surface area contributed by atoms with Gasteiger partial charge in [-0.3, -0.25) is 0 Å². The van der Waals surface area contributed by atoms with E-state index in [2.05, 4.69) is 23.9 Å². The summed E-state index contributed by atoms with van der Waals surface area (Å²) >= 11 is 0. The van der Waals surface area contributed by atoms with Crippen molar-refractivity contribution in [3.8, 4) is 0 Å². The lowest BCUT2D eigenvalue weighted by Crippen LogP contribution is -2.52. The van der Waals surface area contributed by atoms with Crippen LogP contribution >= 0.6 is 0 Å². The Morgan fingerprint density at radius 2 is 2.12 bits per heavy atom. The van der Waals surface area contributed by atoms with Gasteiger partial charge in [-0.2, -0.15) is 0 Å². The molecule has 0 amide bonds. The van der Waals surface area contributed by atoms with Crippen molar-refractivity contribution in [3.63, 3.8) is 0 Å². The molecule has 0 aliphatic carbocycles. The SMILES string of the molecule is CCCS(=O)(=O)NCC1NCCCC1(C)C. The minimum Gasteiger partial charge on any atom is -0.312 e. The normalized spacial score (nSPS) is 25.6. The smallest absolute Gasteiger partial charge is 0.211 e. The van der Waals surface area contributed by atoms with Crippen molar-refractivity contribution in [2.24, 2.45) is 5.41 Å². The van der Waals surface area contributed by atoms with Gasteiger partial charge in [-0.15, -0.1) is 0 Å². The van der Waals surface area contributed by atoms with Crippen LogP contribution in [0.4, 0.5) is 0 Å². The maximum Gasteiger partial charge on any atom is 0.211 e. The zero-order chi connectivity index (χ0) is 12.2. The molecule has 0 aromatic heterocycles. The highest BCUT2D eigenvalue weighted by Gasteiger charge is 2.32. The van der Waals surface area contributed by atoms with Crippen LogP contribution in [0.2, 0.25) is 0 Å². The molecule has 4 nitrogen and oxygen atoms in total. The Balaban J connectivity index is 2.48. The number of sulfonamides is 1. The van der Waals surface area contributed by atoms with Crippen LogP contribution in [0.3, 0.4) is 0 Å². The van der Waals surface area contributed by atoms with Crippen LogP contribution in [-0.2, 0) is 10.0 Å². The fourth-order valence-electron chi connectivity index (χ4n) is 2.17. The summed E-state index contributed by atoms with van der Waals surface area (Å²) in [7, 11) is -3.07. The monoisotopic (exact) mass is 248 g/mol. The summed E-state index contributed by atoms with van der Waals surface area (Å²) < 4.78 is 25.8. The molecule has 16 heavy (non-hydrogen) atoms. The van der Waals surface area contributed by atoms with Gasteiger partial charge < -0.3 is 5.32 Å². The van der Waals surface area contributed by atoms with Gasteiger partial charge in [-0.1, -0.05) is 20.8 Å². The van der Waals surface area contributed by atoms with Crippen LogP contribution in [0.15, 0.2) is 0 Å². The fourth-order valence-corrected chi connectivity index (χ4v) is 3.27. The average Bonchev–Trinajstić information content (AvgIpc) is 2.15. The summed E-state index contributed by atoms with van der Waals surface area (Å²) in [5.41, 5.74) is 0.174. The van der Waals surface area contributed by atoms with E-state index in [1.165, 1.54) is 6.42 Å². The van der Waals surface area contributed by atoms with E-state index in [1.54, 1.807) is 0 Å². The third kappa shape index (κ3) is 4.03. The molecule has 96 valence electrons. The molecule has 1 unspecified atom stereocenters. The zero-order valence-corrected chi connectivity index (χ0v) is 11.4. The maximum absolute atomic E-state index is 11.5. The molecule has 1 saturated heterocycles. The van der Waals surface area contributed by atoms with Crippen LogP contribution in [0.25, 0.3) is 0 Å². The molecule has 0 saturated carbocycles. The highest BCUT2D eigenvalue weighted by molar-refractivity contribution is 7.89. The fraction of sp³-hybridized carbons (Fsp3) is 1.00. The Labute approximate surface area is 99.2 Å². The Bertz CT molecular complexity index is 312. The molecule has 1 fully saturated rings. The van der Waals surface area contributed by atoms with Crippen LogP contribution in [0.1, 0.15) is 40.0 Å². The summed E-state index contributed by atoms with van der Waals surface area (Å²) in [6.45, 7) is 7.76. The third-order valence-corrected chi connectivity index (χ3v) is 4.86. The van der Waals surface area contributed by atoms with Crippen molar-refractivity contribution in [1.82, 2.24) is 10.0 Å². The molecular weight excluding hydrogens is 224 g/mol. The summed E-state index contributed by atoms with van der Waals surface area (Å²) in [4.78, 5) is 0. The Hall–Kier alpha value is -0.130. The second-order valence-corrected chi connectivity index (χ2v) is 7.19. The van der Waals surface area contributed by atoms with E-state index in [4.69, 9.17) is 0 Å². The van der Waals surface area contributed by atoms with Crippen LogP contribution in [0, 0.1) is 5.41 Å². The first-order valence-electron chi connectivity index (χ1n) is 6.08. The lowest BCUT2D eigenvalue weighted by atomic mass is 9.78. The van der Waals surface area contributed by atoms with Crippen LogP contribution in [-0.4, -0.2) is 33.3 Å². The third-order valence-electron chi connectivity index (χ3n) is 3.31. The molecule has 2 N–H and O–H groups in total. The van der Waals surface area contributed by atoms with Crippen molar-refractivity contribution in [2.45, 2.75) is 46.1 Å². The first-order valence-corrected chi connectivity index (χ1v) is 7.73. The molecule has 0 spiro atoms. The molecule has 1 heterocycles. The van der Waals surface area contributed by atoms with Gasteiger partial charge in [0.15, 0.2) is 0 Å². The van der Waals surface area contributed by atoms with Gasteiger partial charge in [0.1, 0.15) is 0 Å². The van der Waals surface area contributed by atoms with E-state index in [0.29, 0.717) is 13.0 Å². The van der Waals surface area contributed by atoms with E-state index < -0.39 is 10.0 Å². The molecule has 1 aliphatic heterocycles. The molecule has 0 aromatic rings. The van der Waals surface area contributed by atoms with Gasteiger partial charge in [-0.05, 0) is 31.2 Å². The minimum atomic E-state index is -3.07. The molecule has 0 radical (unpaired) electrons. The van der Waals surface area contributed by atoms with E-state index in [0.717, 1.165) is 13.0 Å². The number of nitrogens with one attached hydrogen (secondary N) is 2. The Kier molecular flexibility index (Phi) is 4.76. The Morgan fingerprint density at radius 1 is 1.44 bits per heavy atom. The Morgan fingerprint density at radius 3 is 2.69 bits per heavy atom. The van der Waals surface area contributed by atoms with Gasteiger partial charge in [0, 0.05) is 12.6 Å². The quantitative estimate of drug-likeness (QED) is 0.766. The van der Waals surface area contributed by atoms with E-state index in [9.17, 15) is 8.42 Å². The number of piperidine rings is 1. The van der Waals surface area contributed by atoms with Crippen molar-refractivity contribution in [1.29, 1.82) is 0 Å². The highest BCUT2D eigenvalue weighted by Crippen LogP contribution is 2.29. The standard InChI is InChI=1S/C11H24N2O2S/c1-4-8-16(14,15)13-9-10-11(2,3)6-5-7-12-10/h10,12-13H,4-9H2,1-3H3. The summed E-state index contributed by atoms with van der Waals surface area (Å²) in [6.07, 6.45) is 2.99. The molecule has 1 aliphatic rings. The lowest BCUT2D eigenvalue weighted by molar-refractivity contribution is 0.181. The summed E-state index contributed by atoms with van der Waals surface area (Å²) in [6, 6.07) is 0.243. The van der Waals surface area contributed by atoms with Crippen molar-refractivity contribution in [3.05, 3.63) is 0 Å². The first kappa shape index (κ1) is 13.9. The van der Waals surface area contributed by atoms with Crippen LogP contribution in [0.5, 0.6) is 0 Å². The predicted molar refractivity (Wildman–Crippen MR) is 66.9 cm³/mol. The van der Waals surface area contributed by atoms with Crippen molar-refractivity contribution in [2.75, 3.05) is 18.8 Å². The van der Waals surface area contributed by atoms with Gasteiger partial charge in [-0.25, -0.2) is 13.1 Å². The zero-order valence-electron chi connectivity index (χ0n) is 10.5. The van der Waals surface area contributed by atoms with Gasteiger partial charge in [0.25, 0.3) is 0 Å². The average molecular weight is 248 g/mol. The van der Waals surface area contributed by atoms with E-state index in [-0.39, 0.29) is 17.2 Å². The number of rotatable bonds is 5. The molecule has 5 heteroatoms. The van der Waals surface area contributed by atoms with Crippen LogP contribution < -0.4 is 10.0 Å². The number of hydrogen-bond acceptors (Lipinski definition) is 3. The maximum atomic E-state index is 11.5. The topological polar surface area (TPSA) is 58.2 Å².